The Hall–Kier alpha value is -2.11. The first kappa shape index (κ1) is 21.2. The fraction of sp³-hybridized carbons (Fsp3) is 0.667. The van der Waals surface area contributed by atoms with Gasteiger partial charge in [-0.3, -0.25) is 14.3 Å². The van der Waals surface area contributed by atoms with E-state index < -0.39 is 0 Å². The summed E-state index contributed by atoms with van der Waals surface area (Å²) in [5.41, 5.74) is 2.71. The minimum atomic E-state index is -0.0211. The molecular weight excluding hydrogens is 340 g/mol. The van der Waals surface area contributed by atoms with E-state index in [0.717, 1.165) is 18.5 Å². The summed E-state index contributed by atoms with van der Waals surface area (Å²) in [6, 6.07) is 2.16. The number of amides is 2. The Balaban J connectivity index is 1.90. The topological polar surface area (TPSA) is 67.2 Å². The lowest BCUT2D eigenvalue weighted by Gasteiger charge is -2.26. The van der Waals surface area contributed by atoms with Crippen molar-refractivity contribution < 1.29 is 9.59 Å². The van der Waals surface area contributed by atoms with Gasteiger partial charge in [0.15, 0.2) is 5.69 Å². The predicted octanol–water partition coefficient (Wildman–Crippen LogP) is 3.49. The molecule has 1 N–H and O–H groups in total. The SMILES string of the molecule is CCC(C)n1nc(C(=O)N2CC=C(CNC(=O)CC(C)(C)C)CC2)cc1C. The van der Waals surface area contributed by atoms with Crippen molar-refractivity contribution in [2.75, 3.05) is 19.6 Å². The Morgan fingerprint density at radius 1 is 1.33 bits per heavy atom. The molecule has 6 heteroatoms. The number of aryl methyl sites for hydroxylation is 1. The molecule has 0 aliphatic carbocycles. The molecule has 1 unspecified atom stereocenters. The Labute approximate surface area is 163 Å². The summed E-state index contributed by atoms with van der Waals surface area (Å²) < 4.78 is 1.93. The predicted molar refractivity (Wildman–Crippen MR) is 108 cm³/mol. The van der Waals surface area contributed by atoms with E-state index in [0.29, 0.717) is 31.7 Å². The second-order valence-electron chi connectivity index (χ2n) is 8.75. The van der Waals surface area contributed by atoms with Gasteiger partial charge in [0, 0.05) is 37.8 Å². The van der Waals surface area contributed by atoms with Crippen LogP contribution in [0.4, 0.5) is 0 Å². The van der Waals surface area contributed by atoms with Gasteiger partial charge in [-0.25, -0.2) is 0 Å². The second-order valence-corrected chi connectivity index (χ2v) is 8.75. The van der Waals surface area contributed by atoms with Crippen molar-refractivity contribution in [3.8, 4) is 0 Å². The Morgan fingerprint density at radius 3 is 2.59 bits per heavy atom. The summed E-state index contributed by atoms with van der Waals surface area (Å²) in [6.07, 6.45) is 4.33. The van der Waals surface area contributed by atoms with Crippen LogP contribution in [-0.2, 0) is 4.79 Å². The minimum absolute atomic E-state index is 0.00887. The molecule has 0 saturated carbocycles. The van der Waals surface area contributed by atoms with Crippen LogP contribution in [0.15, 0.2) is 17.7 Å². The molecule has 27 heavy (non-hydrogen) atoms. The number of aromatic nitrogens is 2. The lowest BCUT2D eigenvalue weighted by Crippen LogP contribution is -2.37. The van der Waals surface area contributed by atoms with Crippen LogP contribution < -0.4 is 5.32 Å². The minimum Gasteiger partial charge on any atom is -0.352 e. The zero-order valence-corrected chi connectivity index (χ0v) is 17.6. The third-order valence-corrected chi connectivity index (χ3v) is 4.94. The molecule has 150 valence electrons. The fourth-order valence-electron chi connectivity index (χ4n) is 3.19. The molecular formula is C21H34N4O2. The summed E-state index contributed by atoms with van der Waals surface area (Å²) in [7, 11) is 0. The van der Waals surface area contributed by atoms with Gasteiger partial charge in [-0.1, -0.05) is 39.3 Å². The van der Waals surface area contributed by atoms with Crippen molar-refractivity contribution in [1.82, 2.24) is 20.0 Å². The molecule has 0 radical (unpaired) electrons. The molecule has 1 atom stereocenters. The molecule has 2 heterocycles. The summed E-state index contributed by atoms with van der Waals surface area (Å²) >= 11 is 0. The highest BCUT2D eigenvalue weighted by Gasteiger charge is 2.23. The molecule has 0 aromatic carbocycles. The molecule has 1 aliphatic heterocycles. The fourth-order valence-corrected chi connectivity index (χ4v) is 3.19. The van der Waals surface area contributed by atoms with E-state index in [4.69, 9.17) is 0 Å². The first-order valence-electron chi connectivity index (χ1n) is 9.90. The summed E-state index contributed by atoms with van der Waals surface area (Å²) in [4.78, 5) is 26.5. The lowest BCUT2D eigenvalue weighted by molar-refractivity contribution is -0.122. The maximum atomic E-state index is 12.8. The van der Waals surface area contributed by atoms with E-state index in [1.54, 1.807) is 0 Å². The van der Waals surface area contributed by atoms with Crippen LogP contribution in [0.2, 0.25) is 0 Å². The summed E-state index contributed by atoms with van der Waals surface area (Å²) in [6.45, 7) is 14.2. The van der Waals surface area contributed by atoms with Gasteiger partial charge in [-0.2, -0.15) is 5.10 Å². The molecule has 2 amide bonds. The normalized spacial score (nSPS) is 16.1. The van der Waals surface area contributed by atoms with Gasteiger partial charge in [-0.05, 0) is 38.2 Å². The van der Waals surface area contributed by atoms with E-state index in [9.17, 15) is 9.59 Å². The highest BCUT2D eigenvalue weighted by molar-refractivity contribution is 5.92. The van der Waals surface area contributed by atoms with Gasteiger partial charge < -0.3 is 10.2 Å². The van der Waals surface area contributed by atoms with Gasteiger partial charge in [0.05, 0.1) is 0 Å². The highest BCUT2D eigenvalue weighted by Crippen LogP contribution is 2.19. The molecule has 0 spiro atoms. The molecule has 1 aromatic heterocycles. The quantitative estimate of drug-likeness (QED) is 0.775. The monoisotopic (exact) mass is 374 g/mol. The van der Waals surface area contributed by atoms with Crippen LogP contribution in [0.1, 0.15) is 76.1 Å². The Morgan fingerprint density at radius 2 is 2.04 bits per heavy atom. The largest absolute Gasteiger partial charge is 0.352 e. The third-order valence-electron chi connectivity index (χ3n) is 4.94. The van der Waals surface area contributed by atoms with Crippen molar-refractivity contribution in [3.05, 3.63) is 29.1 Å². The zero-order valence-electron chi connectivity index (χ0n) is 17.6. The summed E-state index contributed by atoms with van der Waals surface area (Å²) in [5, 5.41) is 7.50. The van der Waals surface area contributed by atoms with E-state index in [1.807, 2.05) is 22.6 Å². The van der Waals surface area contributed by atoms with Crippen molar-refractivity contribution in [2.45, 2.75) is 66.8 Å². The number of carbonyl (C=O) groups is 2. The number of rotatable bonds is 6. The smallest absolute Gasteiger partial charge is 0.274 e. The van der Waals surface area contributed by atoms with Crippen LogP contribution in [-0.4, -0.2) is 46.1 Å². The van der Waals surface area contributed by atoms with Gasteiger partial charge >= 0.3 is 0 Å². The van der Waals surface area contributed by atoms with Gasteiger partial charge in [0.1, 0.15) is 0 Å². The van der Waals surface area contributed by atoms with Crippen LogP contribution >= 0.6 is 0 Å². The van der Waals surface area contributed by atoms with E-state index >= 15 is 0 Å². The van der Waals surface area contributed by atoms with E-state index in [2.05, 4.69) is 51.1 Å². The van der Waals surface area contributed by atoms with Gasteiger partial charge in [0.25, 0.3) is 5.91 Å². The van der Waals surface area contributed by atoms with Crippen LogP contribution in [0.3, 0.4) is 0 Å². The number of hydrogen-bond donors (Lipinski definition) is 1. The maximum absolute atomic E-state index is 12.8. The standard InChI is InChI=1S/C21H34N4O2/c1-7-15(2)25-16(3)12-18(23-25)20(27)24-10-8-17(9-11-24)14-22-19(26)13-21(4,5)6/h8,12,15H,7,9-11,13-14H2,1-6H3,(H,22,26). The number of nitrogens with zero attached hydrogens (tertiary/aromatic N) is 3. The Bertz CT molecular complexity index is 712. The van der Waals surface area contributed by atoms with Crippen molar-refractivity contribution >= 4 is 11.8 Å². The van der Waals surface area contributed by atoms with Crippen LogP contribution in [0.25, 0.3) is 0 Å². The first-order valence-corrected chi connectivity index (χ1v) is 9.90. The highest BCUT2D eigenvalue weighted by atomic mass is 16.2. The van der Waals surface area contributed by atoms with E-state index in [-0.39, 0.29) is 23.3 Å². The average molecular weight is 375 g/mol. The van der Waals surface area contributed by atoms with Crippen molar-refractivity contribution in [3.63, 3.8) is 0 Å². The van der Waals surface area contributed by atoms with Crippen molar-refractivity contribution in [2.24, 2.45) is 5.41 Å². The number of carbonyl (C=O) groups excluding carboxylic acids is 2. The number of nitrogens with one attached hydrogen (secondary N) is 1. The average Bonchev–Trinajstić information content (AvgIpc) is 2.99. The molecule has 1 aliphatic rings. The van der Waals surface area contributed by atoms with Crippen LogP contribution in [0, 0.1) is 12.3 Å². The molecule has 0 saturated heterocycles. The molecule has 0 fully saturated rings. The van der Waals surface area contributed by atoms with Gasteiger partial charge in [-0.15, -0.1) is 0 Å². The van der Waals surface area contributed by atoms with Crippen molar-refractivity contribution in [1.29, 1.82) is 0 Å². The van der Waals surface area contributed by atoms with Crippen LogP contribution in [0.5, 0.6) is 0 Å². The molecule has 1 aromatic rings. The maximum Gasteiger partial charge on any atom is 0.274 e. The third kappa shape index (κ3) is 5.94. The molecule has 6 nitrogen and oxygen atoms in total. The lowest BCUT2D eigenvalue weighted by atomic mass is 9.92. The zero-order chi connectivity index (χ0) is 20.2. The second kappa shape index (κ2) is 8.72. The number of hydrogen-bond acceptors (Lipinski definition) is 3. The molecule has 2 rings (SSSR count). The molecule has 0 bridgehead atoms. The van der Waals surface area contributed by atoms with Gasteiger partial charge in [0.2, 0.25) is 5.91 Å². The Kier molecular flexibility index (Phi) is 6.84. The first-order chi connectivity index (χ1) is 12.6. The summed E-state index contributed by atoms with van der Waals surface area (Å²) in [5.74, 6) is 0.0557. The van der Waals surface area contributed by atoms with E-state index in [1.165, 1.54) is 5.57 Å².